The number of aryl methyl sites for hydroxylation is 1. The monoisotopic (exact) mass is 541 g/mol. The van der Waals surface area contributed by atoms with Gasteiger partial charge in [-0.25, -0.2) is 12.8 Å². The highest BCUT2D eigenvalue weighted by Crippen LogP contribution is 2.53. The molecule has 2 fully saturated rings. The molecule has 1 heterocycles. The van der Waals surface area contributed by atoms with E-state index in [1.165, 1.54) is 18.2 Å². The van der Waals surface area contributed by atoms with Gasteiger partial charge < -0.3 is 10.0 Å². The molecule has 2 atom stereocenters. The first-order valence-corrected chi connectivity index (χ1v) is 15.0. The minimum absolute atomic E-state index is 0.0634. The maximum absolute atomic E-state index is 14.5. The Balaban J connectivity index is 1.58. The maximum atomic E-state index is 14.5. The van der Waals surface area contributed by atoms with Crippen molar-refractivity contribution in [2.24, 2.45) is 11.8 Å². The molecule has 0 aromatic heterocycles. The summed E-state index contributed by atoms with van der Waals surface area (Å²) in [6.07, 6.45) is 3.30. The van der Waals surface area contributed by atoms with Gasteiger partial charge in [0, 0.05) is 12.5 Å². The largest absolute Gasteiger partial charge is 0.481 e. The Morgan fingerprint density at radius 3 is 2.32 bits per heavy atom. The topological polar surface area (TPSA) is 91.8 Å². The number of carbonyl (C=O) groups is 2. The number of carboxylic acid groups (broad SMARTS) is 1. The highest BCUT2D eigenvalue weighted by molar-refractivity contribution is 7.92. The molecule has 2 unspecified atom stereocenters. The van der Waals surface area contributed by atoms with E-state index in [2.05, 4.69) is 26.8 Å². The minimum atomic E-state index is -4.07. The van der Waals surface area contributed by atoms with E-state index in [1.54, 1.807) is 4.90 Å². The molecule has 0 spiro atoms. The molecule has 5 rings (SSSR count). The Morgan fingerprint density at radius 2 is 1.68 bits per heavy atom. The number of aliphatic carboxylic acids is 1. The number of likely N-dealkylation sites (tertiary alicyclic amines) is 1. The molecule has 3 aliphatic rings. The number of fused-ring (bicyclic) bond motifs is 3. The van der Waals surface area contributed by atoms with Crippen molar-refractivity contribution in [2.75, 3.05) is 6.54 Å². The second kappa shape index (κ2) is 9.47. The summed E-state index contributed by atoms with van der Waals surface area (Å²) < 4.78 is 41.8. The summed E-state index contributed by atoms with van der Waals surface area (Å²) in [5, 5.41) is 9.35. The number of hydrogen-bond acceptors (Lipinski definition) is 4. The van der Waals surface area contributed by atoms with Crippen LogP contribution < -0.4 is 0 Å². The van der Waals surface area contributed by atoms with Gasteiger partial charge in [0.25, 0.3) is 0 Å². The Hall–Kier alpha value is -2.74. The van der Waals surface area contributed by atoms with Crippen LogP contribution in [0, 0.1) is 17.7 Å². The predicted octanol–water partition coefficient (Wildman–Crippen LogP) is 5.23. The van der Waals surface area contributed by atoms with Crippen molar-refractivity contribution in [3.8, 4) is 0 Å². The van der Waals surface area contributed by atoms with E-state index in [9.17, 15) is 27.5 Å². The lowest BCUT2D eigenvalue weighted by molar-refractivity contribution is -0.146. The zero-order valence-corrected chi connectivity index (χ0v) is 23.1. The average molecular weight is 542 g/mol. The summed E-state index contributed by atoms with van der Waals surface area (Å²) in [6, 6.07) is 10.6. The number of rotatable bonds is 4. The van der Waals surface area contributed by atoms with Crippen LogP contribution >= 0.6 is 0 Å². The van der Waals surface area contributed by atoms with Crippen LogP contribution in [0.3, 0.4) is 0 Å². The molecular formula is C30H36FNO5S. The standard InChI is InChI=1S/C30H36FNO5S/c1-29(2,3)22-12-13-25-21(17-22)11-14-26-30(25,38(36,37)24-6-4-5-23(31)18-24)15-16-32(26)27(33)19-7-9-20(10-8-19)28(34)35/h4-6,12-13,17-20,26H,7-11,14-16H2,1-3H3,(H,34,35)/t19-,20-,26?,30?. The van der Waals surface area contributed by atoms with Crippen molar-refractivity contribution in [3.05, 3.63) is 65.0 Å². The predicted molar refractivity (Wildman–Crippen MR) is 142 cm³/mol. The van der Waals surface area contributed by atoms with Crippen molar-refractivity contribution in [1.82, 2.24) is 4.90 Å². The molecule has 1 saturated carbocycles. The Morgan fingerprint density at radius 1 is 1.00 bits per heavy atom. The van der Waals surface area contributed by atoms with Crippen molar-refractivity contribution in [1.29, 1.82) is 0 Å². The quantitative estimate of drug-likeness (QED) is 0.572. The number of carboxylic acids is 1. The number of carbonyl (C=O) groups excluding carboxylic acids is 1. The third kappa shape index (κ3) is 4.25. The van der Waals surface area contributed by atoms with Crippen LogP contribution in [0.1, 0.15) is 76.0 Å². The molecule has 2 aromatic rings. The first-order chi connectivity index (χ1) is 17.9. The van der Waals surface area contributed by atoms with Gasteiger partial charge in [0.15, 0.2) is 9.84 Å². The highest BCUT2D eigenvalue weighted by atomic mass is 32.2. The van der Waals surface area contributed by atoms with Gasteiger partial charge in [-0.15, -0.1) is 0 Å². The molecule has 0 radical (unpaired) electrons. The Kier molecular flexibility index (Phi) is 6.69. The van der Waals surface area contributed by atoms with Crippen LogP contribution in [0.4, 0.5) is 4.39 Å². The minimum Gasteiger partial charge on any atom is -0.481 e. The fraction of sp³-hybridized carbons (Fsp3) is 0.533. The van der Waals surface area contributed by atoms with E-state index in [-0.39, 0.29) is 28.6 Å². The summed E-state index contributed by atoms with van der Waals surface area (Å²) in [6.45, 7) is 6.66. The highest BCUT2D eigenvalue weighted by Gasteiger charge is 2.61. The van der Waals surface area contributed by atoms with Gasteiger partial charge in [-0.1, -0.05) is 45.0 Å². The number of benzene rings is 2. The number of nitrogens with zero attached hydrogens (tertiary/aromatic N) is 1. The van der Waals surface area contributed by atoms with Gasteiger partial charge in [-0.3, -0.25) is 9.59 Å². The Labute approximate surface area is 224 Å². The lowest BCUT2D eigenvalue weighted by Gasteiger charge is -2.43. The molecule has 38 heavy (non-hydrogen) atoms. The van der Waals surface area contributed by atoms with E-state index >= 15 is 0 Å². The first-order valence-electron chi connectivity index (χ1n) is 13.5. The molecule has 1 N–H and O–H groups in total. The SMILES string of the molecule is CC(C)(C)c1ccc2c(c1)CCC1N(C(=O)[C@H]3CC[C@H](C(=O)O)CC3)CCC21S(=O)(=O)c1cccc(F)c1. The van der Waals surface area contributed by atoms with Gasteiger partial charge in [0.05, 0.1) is 16.9 Å². The van der Waals surface area contributed by atoms with E-state index in [0.717, 1.165) is 22.8 Å². The number of amides is 1. The van der Waals surface area contributed by atoms with Crippen molar-refractivity contribution >= 4 is 21.7 Å². The molecular weight excluding hydrogens is 505 g/mol. The molecule has 1 saturated heterocycles. The van der Waals surface area contributed by atoms with E-state index in [1.807, 2.05) is 12.1 Å². The molecule has 8 heteroatoms. The molecule has 2 aliphatic carbocycles. The molecule has 204 valence electrons. The lowest BCUT2D eigenvalue weighted by Crippen LogP contribution is -2.53. The van der Waals surface area contributed by atoms with Crippen LogP contribution in [0.25, 0.3) is 0 Å². The van der Waals surface area contributed by atoms with Gasteiger partial charge in [-0.2, -0.15) is 0 Å². The fourth-order valence-corrected chi connectivity index (χ4v) is 9.32. The number of halogens is 1. The summed E-state index contributed by atoms with van der Waals surface area (Å²) in [4.78, 5) is 26.9. The number of hydrogen-bond donors (Lipinski definition) is 1. The number of sulfone groups is 1. The second-order valence-corrected chi connectivity index (χ2v) is 14.4. The van der Waals surface area contributed by atoms with Crippen LogP contribution in [-0.2, 0) is 36.0 Å². The summed E-state index contributed by atoms with van der Waals surface area (Å²) in [5.41, 5.74) is 2.71. The average Bonchev–Trinajstić information content (AvgIpc) is 3.29. The molecule has 1 amide bonds. The zero-order chi connectivity index (χ0) is 27.5. The lowest BCUT2D eigenvalue weighted by atomic mass is 9.75. The van der Waals surface area contributed by atoms with Crippen molar-refractivity contribution in [3.63, 3.8) is 0 Å². The second-order valence-electron chi connectivity index (χ2n) is 12.2. The molecule has 6 nitrogen and oxygen atoms in total. The van der Waals surface area contributed by atoms with E-state index in [4.69, 9.17) is 0 Å². The fourth-order valence-electron chi connectivity index (χ4n) is 6.92. The van der Waals surface area contributed by atoms with Gasteiger partial charge >= 0.3 is 5.97 Å². The zero-order valence-electron chi connectivity index (χ0n) is 22.2. The third-order valence-corrected chi connectivity index (χ3v) is 11.6. The van der Waals surface area contributed by atoms with Crippen molar-refractivity contribution < 1.29 is 27.5 Å². The Bertz CT molecular complexity index is 1370. The van der Waals surface area contributed by atoms with Gasteiger partial charge in [0.2, 0.25) is 5.91 Å². The van der Waals surface area contributed by atoms with Gasteiger partial charge in [-0.05, 0) is 85.3 Å². The van der Waals surface area contributed by atoms with E-state index < -0.39 is 38.3 Å². The smallest absolute Gasteiger partial charge is 0.306 e. The first kappa shape index (κ1) is 26.9. The van der Waals surface area contributed by atoms with Crippen LogP contribution in [0.15, 0.2) is 47.4 Å². The molecule has 2 aromatic carbocycles. The summed E-state index contributed by atoms with van der Waals surface area (Å²) in [7, 11) is -4.07. The van der Waals surface area contributed by atoms with E-state index in [0.29, 0.717) is 45.1 Å². The van der Waals surface area contributed by atoms with Crippen LogP contribution in [0.2, 0.25) is 0 Å². The summed E-state index contributed by atoms with van der Waals surface area (Å²) >= 11 is 0. The van der Waals surface area contributed by atoms with Gasteiger partial charge in [0.1, 0.15) is 10.6 Å². The normalized spacial score (nSPS) is 27.5. The maximum Gasteiger partial charge on any atom is 0.306 e. The van der Waals surface area contributed by atoms with Crippen LogP contribution in [-0.4, -0.2) is 42.9 Å². The van der Waals surface area contributed by atoms with Crippen molar-refractivity contribution in [2.45, 2.75) is 86.8 Å². The molecule has 0 bridgehead atoms. The summed E-state index contributed by atoms with van der Waals surface area (Å²) in [5.74, 6) is -2.24. The van der Waals surface area contributed by atoms with Crippen LogP contribution in [0.5, 0.6) is 0 Å². The third-order valence-electron chi connectivity index (χ3n) is 9.05. The molecule has 1 aliphatic heterocycles.